The standard InChI is InChI=1S/C30H38N2O2S/c1-4-26(33)34-25-13-12-21-20-10-11-23-27-24(15-17-29(23,2)22(20)14-16-30(21,25)3)32-28(35-27)31-18-19-8-6-5-7-9-19/h5-9,11,20-22,25H,4,10,12-18H2,1-3H3,(H,31,32)/t20-,21-,22-,25-,29+,30-/m0/s1. The number of rotatable bonds is 5. The number of anilines is 1. The monoisotopic (exact) mass is 490 g/mol. The first kappa shape index (κ1) is 23.3. The lowest BCUT2D eigenvalue weighted by molar-refractivity contribution is -0.158. The summed E-state index contributed by atoms with van der Waals surface area (Å²) in [5.41, 5.74) is 4.53. The maximum absolute atomic E-state index is 12.1. The first-order chi connectivity index (χ1) is 16.9. The van der Waals surface area contributed by atoms with E-state index in [-0.39, 0.29) is 22.9 Å². The van der Waals surface area contributed by atoms with Crippen molar-refractivity contribution in [2.24, 2.45) is 28.6 Å². The van der Waals surface area contributed by atoms with Gasteiger partial charge < -0.3 is 10.1 Å². The molecule has 4 nitrogen and oxygen atoms in total. The average Bonchev–Trinajstić information content (AvgIpc) is 3.43. The van der Waals surface area contributed by atoms with E-state index in [1.165, 1.54) is 41.8 Å². The Morgan fingerprint density at radius 1 is 1.14 bits per heavy atom. The van der Waals surface area contributed by atoms with E-state index in [0.29, 0.717) is 18.3 Å². The molecule has 2 fully saturated rings. The number of fused-ring (bicyclic) bond motifs is 7. The highest BCUT2D eigenvalue weighted by atomic mass is 32.1. The Hall–Kier alpha value is -2.14. The summed E-state index contributed by atoms with van der Waals surface area (Å²) in [5.74, 6) is 2.06. The third kappa shape index (κ3) is 3.77. The molecule has 6 atom stereocenters. The zero-order valence-electron chi connectivity index (χ0n) is 21.3. The van der Waals surface area contributed by atoms with Crippen molar-refractivity contribution < 1.29 is 9.53 Å². The fourth-order valence-electron chi connectivity index (χ4n) is 8.11. The van der Waals surface area contributed by atoms with Crippen molar-refractivity contribution in [1.82, 2.24) is 4.98 Å². The van der Waals surface area contributed by atoms with Crippen LogP contribution in [-0.4, -0.2) is 17.1 Å². The molecule has 0 unspecified atom stereocenters. The van der Waals surface area contributed by atoms with Crippen molar-refractivity contribution in [1.29, 1.82) is 0 Å². The molecule has 2 aromatic rings. The fraction of sp³-hybridized carbons (Fsp3) is 0.600. The highest BCUT2D eigenvalue weighted by Gasteiger charge is 2.60. The van der Waals surface area contributed by atoms with Crippen LogP contribution in [0.1, 0.15) is 81.9 Å². The molecule has 0 spiro atoms. The number of aryl methyl sites for hydroxylation is 1. The van der Waals surface area contributed by atoms with Gasteiger partial charge in [-0.15, -0.1) is 0 Å². The minimum absolute atomic E-state index is 0.0292. The van der Waals surface area contributed by atoms with E-state index in [0.717, 1.165) is 36.9 Å². The second-order valence-electron chi connectivity index (χ2n) is 11.7. The highest BCUT2D eigenvalue weighted by molar-refractivity contribution is 7.16. The molecular weight excluding hydrogens is 452 g/mol. The van der Waals surface area contributed by atoms with Crippen LogP contribution >= 0.6 is 11.3 Å². The predicted octanol–water partition coefficient (Wildman–Crippen LogP) is 7.26. The van der Waals surface area contributed by atoms with Gasteiger partial charge >= 0.3 is 5.97 Å². The molecule has 0 radical (unpaired) electrons. The van der Waals surface area contributed by atoms with Crippen LogP contribution < -0.4 is 5.32 Å². The van der Waals surface area contributed by atoms with E-state index >= 15 is 0 Å². The molecular formula is C30H38N2O2S. The van der Waals surface area contributed by atoms with Gasteiger partial charge in [0, 0.05) is 18.4 Å². The minimum atomic E-state index is -0.0292. The average molecular weight is 491 g/mol. The smallest absolute Gasteiger partial charge is 0.305 e. The summed E-state index contributed by atoms with van der Waals surface area (Å²) in [6.07, 6.45) is 11.3. The summed E-state index contributed by atoms with van der Waals surface area (Å²) in [6, 6.07) is 10.6. The number of thiazole rings is 1. The molecule has 0 bridgehead atoms. The highest BCUT2D eigenvalue weighted by Crippen LogP contribution is 2.66. The van der Waals surface area contributed by atoms with Gasteiger partial charge in [-0.1, -0.05) is 68.5 Å². The maximum atomic E-state index is 12.1. The van der Waals surface area contributed by atoms with Gasteiger partial charge in [-0.05, 0) is 79.3 Å². The summed E-state index contributed by atoms with van der Waals surface area (Å²) in [5, 5.41) is 4.64. The quantitative estimate of drug-likeness (QED) is 0.448. The predicted molar refractivity (Wildman–Crippen MR) is 142 cm³/mol. The number of aromatic nitrogens is 1. The Labute approximate surface area is 213 Å². The Bertz CT molecular complexity index is 1140. The lowest BCUT2D eigenvalue weighted by atomic mass is 9.48. The number of allylic oxidation sites excluding steroid dienone is 2. The molecule has 4 aliphatic rings. The number of benzene rings is 1. The van der Waals surface area contributed by atoms with E-state index in [2.05, 4.69) is 55.6 Å². The van der Waals surface area contributed by atoms with Crippen molar-refractivity contribution in [3.8, 4) is 0 Å². The molecule has 35 heavy (non-hydrogen) atoms. The van der Waals surface area contributed by atoms with Crippen LogP contribution in [0, 0.1) is 28.6 Å². The Morgan fingerprint density at radius 2 is 1.97 bits per heavy atom. The van der Waals surface area contributed by atoms with Gasteiger partial charge in [0.05, 0.1) is 10.6 Å². The molecule has 0 aliphatic heterocycles. The second-order valence-corrected chi connectivity index (χ2v) is 12.7. The molecule has 5 heteroatoms. The van der Waals surface area contributed by atoms with Crippen molar-refractivity contribution >= 4 is 28.0 Å². The number of nitrogens with zero attached hydrogens (tertiary/aromatic N) is 1. The molecule has 4 aliphatic carbocycles. The second kappa shape index (κ2) is 8.76. The van der Waals surface area contributed by atoms with Crippen molar-refractivity contribution in [3.63, 3.8) is 0 Å². The van der Waals surface area contributed by atoms with E-state index in [4.69, 9.17) is 9.72 Å². The topological polar surface area (TPSA) is 51.2 Å². The minimum Gasteiger partial charge on any atom is -0.462 e. The number of ether oxygens (including phenoxy) is 1. The number of carbonyl (C=O) groups excluding carboxylic acids is 1. The van der Waals surface area contributed by atoms with E-state index < -0.39 is 0 Å². The lowest BCUT2D eigenvalue weighted by Gasteiger charge is -2.56. The molecule has 0 saturated heterocycles. The van der Waals surface area contributed by atoms with E-state index in [9.17, 15) is 4.79 Å². The van der Waals surface area contributed by atoms with Crippen LogP contribution in [0.2, 0.25) is 0 Å². The number of hydrogen-bond donors (Lipinski definition) is 1. The first-order valence-corrected chi connectivity index (χ1v) is 14.4. The number of carbonyl (C=O) groups is 1. The van der Waals surface area contributed by atoms with Crippen LogP contribution in [0.5, 0.6) is 0 Å². The Morgan fingerprint density at radius 3 is 2.77 bits per heavy atom. The summed E-state index contributed by atoms with van der Waals surface area (Å²) in [4.78, 5) is 18.6. The van der Waals surface area contributed by atoms with Crippen LogP contribution in [0.3, 0.4) is 0 Å². The molecule has 0 amide bonds. The number of nitrogens with one attached hydrogen (secondary N) is 1. The third-order valence-electron chi connectivity index (χ3n) is 10.0. The molecule has 1 aromatic carbocycles. The molecule has 186 valence electrons. The summed E-state index contributed by atoms with van der Waals surface area (Å²) < 4.78 is 5.98. The van der Waals surface area contributed by atoms with Crippen LogP contribution in [-0.2, 0) is 22.5 Å². The Balaban J connectivity index is 1.24. The molecule has 1 aromatic heterocycles. The first-order valence-electron chi connectivity index (χ1n) is 13.6. The van der Waals surface area contributed by atoms with Gasteiger partial charge in [-0.3, -0.25) is 4.79 Å². The molecule has 6 rings (SSSR count). The number of hydrogen-bond acceptors (Lipinski definition) is 5. The van der Waals surface area contributed by atoms with Crippen molar-refractivity contribution in [2.75, 3.05) is 5.32 Å². The zero-order valence-corrected chi connectivity index (χ0v) is 22.1. The van der Waals surface area contributed by atoms with E-state index in [1.807, 2.05) is 18.3 Å². The van der Waals surface area contributed by atoms with Crippen LogP contribution in [0.25, 0.3) is 5.57 Å². The lowest BCUT2D eigenvalue weighted by Crippen LogP contribution is -2.50. The van der Waals surface area contributed by atoms with Crippen molar-refractivity contribution in [2.45, 2.75) is 84.8 Å². The largest absolute Gasteiger partial charge is 0.462 e. The molecule has 1 N–H and O–H groups in total. The number of esters is 1. The van der Waals surface area contributed by atoms with Gasteiger partial charge in [0.2, 0.25) is 0 Å². The summed E-state index contributed by atoms with van der Waals surface area (Å²) in [6.45, 7) is 7.68. The van der Waals surface area contributed by atoms with Gasteiger partial charge in [-0.25, -0.2) is 4.98 Å². The third-order valence-corrected chi connectivity index (χ3v) is 11.1. The van der Waals surface area contributed by atoms with E-state index in [1.54, 1.807) is 5.57 Å². The molecule has 2 saturated carbocycles. The normalized spacial score (nSPS) is 35.2. The molecule has 1 heterocycles. The fourth-order valence-corrected chi connectivity index (χ4v) is 9.30. The van der Waals surface area contributed by atoms with Gasteiger partial charge in [-0.2, -0.15) is 0 Å². The van der Waals surface area contributed by atoms with Crippen LogP contribution in [0.15, 0.2) is 36.4 Å². The maximum Gasteiger partial charge on any atom is 0.305 e. The Kier molecular flexibility index (Phi) is 5.82. The SMILES string of the molecule is CCC(=O)O[C@H]1CC[C@H]2[C@@H]3CC=C4c5sc(NCc6ccccc6)nc5CC[C@]4(C)[C@H]3CC[C@]12C. The van der Waals surface area contributed by atoms with Gasteiger partial charge in [0.1, 0.15) is 6.10 Å². The zero-order chi connectivity index (χ0) is 24.2. The van der Waals surface area contributed by atoms with Gasteiger partial charge in [0.25, 0.3) is 0 Å². The summed E-state index contributed by atoms with van der Waals surface area (Å²) in [7, 11) is 0. The summed E-state index contributed by atoms with van der Waals surface area (Å²) >= 11 is 1.86. The van der Waals surface area contributed by atoms with Gasteiger partial charge in [0.15, 0.2) is 5.13 Å². The van der Waals surface area contributed by atoms with Crippen molar-refractivity contribution in [3.05, 3.63) is 52.5 Å². The van der Waals surface area contributed by atoms with Crippen LogP contribution in [0.4, 0.5) is 5.13 Å².